The third-order valence-electron chi connectivity index (χ3n) is 3.31. The molecule has 0 spiro atoms. The van der Waals surface area contributed by atoms with Crippen LogP contribution in [0, 0.1) is 5.92 Å². The van der Waals surface area contributed by atoms with Crippen LogP contribution in [0.3, 0.4) is 0 Å². The van der Waals surface area contributed by atoms with Gasteiger partial charge < -0.3 is 0 Å². The van der Waals surface area contributed by atoms with Crippen LogP contribution in [0.2, 0.25) is 0 Å². The van der Waals surface area contributed by atoms with Crippen molar-refractivity contribution in [1.82, 2.24) is 0 Å². The smallest absolute Gasteiger partial charge is 0.102 e. The lowest BCUT2D eigenvalue weighted by Gasteiger charge is -2.26. The molecule has 0 nitrogen and oxygen atoms in total. The zero-order valence-corrected chi connectivity index (χ0v) is 8.72. The lowest BCUT2D eigenvalue weighted by molar-refractivity contribution is 0.637. The SMILES string of the molecule is [B]C1=CC=C2CCCC(=C1C)C2C=C. The molecule has 2 bridgehead atoms. The fourth-order valence-corrected chi connectivity index (χ4v) is 2.43. The van der Waals surface area contributed by atoms with Crippen molar-refractivity contribution in [2.24, 2.45) is 5.92 Å². The van der Waals surface area contributed by atoms with Gasteiger partial charge in [0, 0.05) is 5.92 Å². The summed E-state index contributed by atoms with van der Waals surface area (Å²) >= 11 is 0. The Bertz CT molecular complexity index is 355. The third kappa shape index (κ3) is 1.41. The third-order valence-corrected chi connectivity index (χ3v) is 3.31. The molecule has 2 rings (SSSR count). The van der Waals surface area contributed by atoms with Crippen LogP contribution < -0.4 is 0 Å². The van der Waals surface area contributed by atoms with Crippen LogP contribution in [-0.2, 0) is 0 Å². The molecule has 0 aromatic carbocycles. The highest BCUT2D eigenvalue weighted by Crippen LogP contribution is 2.39. The first-order valence-electron chi connectivity index (χ1n) is 5.23. The van der Waals surface area contributed by atoms with Crippen LogP contribution in [0.15, 0.2) is 47.0 Å². The fourth-order valence-electron chi connectivity index (χ4n) is 2.43. The maximum Gasteiger partial charge on any atom is 0.114 e. The zero-order chi connectivity index (χ0) is 10.1. The van der Waals surface area contributed by atoms with E-state index in [2.05, 4.69) is 25.7 Å². The van der Waals surface area contributed by atoms with E-state index in [0.29, 0.717) is 5.92 Å². The van der Waals surface area contributed by atoms with Gasteiger partial charge in [0.1, 0.15) is 7.85 Å². The summed E-state index contributed by atoms with van der Waals surface area (Å²) in [5.41, 5.74) is 5.13. The predicted molar refractivity (Wildman–Crippen MR) is 62.2 cm³/mol. The Labute approximate surface area is 87.5 Å². The number of hydrogen-bond donors (Lipinski definition) is 0. The Kier molecular flexibility index (Phi) is 2.49. The Morgan fingerprint density at radius 3 is 2.93 bits per heavy atom. The summed E-state index contributed by atoms with van der Waals surface area (Å²) in [7, 11) is 5.98. The number of hydrogen-bond acceptors (Lipinski definition) is 0. The average Bonchev–Trinajstić information content (AvgIpc) is 2.28. The second-order valence-electron chi connectivity index (χ2n) is 4.08. The Morgan fingerprint density at radius 1 is 1.43 bits per heavy atom. The van der Waals surface area contributed by atoms with Gasteiger partial charge in [0.2, 0.25) is 0 Å². The van der Waals surface area contributed by atoms with Crippen LogP contribution in [0.1, 0.15) is 26.2 Å². The molecule has 1 unspecified atom stereocenters. The van der Waals surface area contributed by atoms with Gasteiger partial charge in [0.05, 0.1) is 0 Å². The molecule has 0 aliphatic heterocycles. The fraction of sp³-hybridized carbons (Fsp3) is 0.385. The van der Waals surface area contributed by atoms with Gasteiger partial charge in [0.25, 0.3) is 0 Å². The number of fused-ring (bicyclic) bond motifs is 2. The summed E-state index contributed by atoms with van der Waals surface area (Å²) in [5.74, 6) is 0.445. The number of allylic oxidation sites excluding steroid dienone is 7. The molecule has 1 fully saturated rings. The monoisotopic (exact) mass is 182 g/mol. The van der Waals surface area contributed by atoms with E-state index in [1.54, 1.807) is 0 Å². The molecule has 70 valence electrons. The largest absolute Gasteiger partial charge is 0.114 e. The second kappa shape index (κ2) is 3.64. The minimum Gasteiger partial charge on any atom is -0.102 e. The maximum absolute atomic E-state index is 5.98. The Morgan fingerprint density at radius 2 is 2.21 bits per heavy atom. The van der Waals surface area contributed by atoms with Gasteiger partial charge in [-0.05, 0) is 26.2 Å². The summed E-state index contributed by atoms with van der Waals surface area (Å²) in [6.45, 7) is 6.05. The molecular formula is C13H15B. The summed E-state index contributed by atoms with van der Waals surface area (Å²) in [6.07, 6.45) is 9.89. The van der Waals surface area contributed by atoms with Crippen molar-refractivity contribution in [3.05, 3.63) is 47.0 Å². The lowest BCUT2D eigenvalue weighted by atomic mass is 9.76. The molecule has 0 aromatic rings. The van der Waals surface area contributed by atoms with Crippen molar-refractivity contribution in [2.45, 2.75) is 26.2 Å². The van der Waals surface area contributed by atoms with E-state index >= 15 is 0 Å². The topological polar surface area (TPSA) is 0 Å². The summed E-state index contributed by atoms with van der Waals surface area (Å²) in [4.78, 5) is 0. The van der Waals surface area contributed by atoms with E-state index in [1.165, 1.54) is 36.0 Å². The van der Waals surface area contributed by atoms with E-state index in [0.717, 1.165) is 5.47 Å². The van der Waals surface area contributed by atoms with Gasteiger partial charge in [-0.3, -0.25) is 0 Å². The van der Waals surface area contributed by atoms with Crippen molar-refractivity contribution in [2.75, 3.05) is 0 Å². The Hall–Kier alpha value is -0.975. The highest BCUT2D eigenvalue weighted by atomic mass is 14.3. The van der Waals surface area contributed by atoms with Crippen molar-refractivity contribution < 1.29 is 0 Å². The van der Waals surface area contributed by atoms with Gasteiger partial charge in [-0.2, -0.15) is 0 Å². The van der Waals surface area contributed by atoms with Crippen LogP contribution in [-0.4, -0.2) is 7.85 Å². The van der Waals surface area contributed by atoms with Gasteiger partial charge in [-0.15, -0.1) is 6.58 Å². The lowest BCUT2D eigenvalue weighted by Crippen LogP contribution is -2.12. The molecule has 0 amide bonds. The quantitative estimate of drug-likeness (QED) is 0.431. The molecule has 1 saturated carbocycles. The van der Waals surface area contributed by atoms with Crippen LogP contribution in [0.4, 0.5) is 0 Å². The minimum atomic E-state index is 0.445. The molecular weight excluding hydrogens is 167 g/mol. The summed E-state index contributed by atoms with van der Waals surface area (Å²) in [5, 5.41) is 0. The minimum absolute atomic E-state index is 0.445. The second-order valence-corrected chi connectivity index (χ2v) is 4.08. The molecule has 2 aliphatic rings. The first-order valence-corrected chi connectivity index (χ1v) is 5.23. The average molecular weight is 182 g/mol. The molecule has 0 aromatic heterocycles. The van der Waals surface area contributed by atoms with Crippen molar-refractivity contribution in [3.63, 3.8) is 0 Å². The van der Waals surface area contributed by atoms with Gasteiger partial charge in [0.15, 0.2) is 0 Å². The van der Waals surface area contributed by atoms with Gasteiger partial charge in [-0.1, -0.05) is 40.4 Å². The van der Waals surface area contributed by atoms with E-state index in [9.17, 15) is 0 Å². The van der Waals surface area contributed by atoms with E-state index in [4.69, 9.17) is 7.85 Å². The molecule has 2 aliphatic carbocycles. The van der Waals surface area contributed by atoms with E-state index in [1.807, 2.05) is 6.08 Å². The summed E-state index contributed by atoms with van der Waals surface area (Å²) < 4.78 is 0. The van der Waals surface area contributed by atoms with E-state index < -0.39 is 0 Å². The molecule has 0 heterocycles. The molecule has 1 atom stereocenters. The number of rotatable bonds is 1. The molecule has 14 heavy (non-hydrogen) atoms. The Balaban J connectivity index is 2.54. The summed E-state index contributed by atoms with van der Waals surface area (Å²) in [6, 6.07) is 0. The van der Waals surface area contributed by atoms with Gasteiger partial charge >= 0.3 is 0 Å². The zero-order valence-electron chi connectivity index (χ0n) is 8.72. The standard InChI is InChI=1S/C13H15B/c1-3-11-10-5-4-6-12(11)9(2)13(14)8-7-10/h3,7-8,11H,1,4-6H2,2H3. The molecule has 0 N–H and O–H groups in total. The maximum atomic E-state index is 5.98. The molecule has 2 radical (unpaired) electrons. The van der Waals surface area contributed by atoms with Crippen LogP contribution in [0.25, 0.3) is 0 Å². The van der Waals surface area contributed by atoms with Gasteiger partial charge in [-0.25, -0.2) is 0 Å². The first-order chi connectivity index (χ1) is 6.74. The van der Waals surface area contributed by atoms with Crippen molar-refractivity contribution in [1.29, 1.82) is 0 Å². The first kappa shape index (κ1) is 9.58. The highest BCUT2D eigenvalue weighted by molar-refractivity contribution is 6.24. The van der Waals surface area contributed by atoms with E-state index in [-0.39, 0.29) is 0 Å². The van der Waals surface area contributed by atoms with Crippen molar-refractivity contribution >= 4 is 7.85 Å². The van der Waals surface area contributed by atoms with Crippen molar-refractivity contribution in [3.8, 4) is 0 Å². The normalized spacial score (nSPS) is 26.5. The molecule has 1 heteroatoms. The predicted octanol–water partition coefficient (Wildman–Crippen LogP) is 3.28. The molecule has 0 saturated heterocycles. The highest BCUT2D eigenvalue weighted by Gasteiger charge is 2.23. The van der Waals surface area contributed by atoms with Crippen LogP contribution in [0.5, 0.6) is 0 Å². The van der Waals surface area contributed by atoms with Crippen LogP contribution >= 0.6 is 0 Å².